The molecule has 0 saturated heterocycles. The molecule has 0 amide bonds. The van der Waals surface area contributed by atoms with Crippen molar-refractivity contribution in [2.45, 2.75) is 52.4 Å². The van der Waals surface area contributed by atoms with E-state index < -0.39 is 0 Å². The second kappa shape index (κ2) is 18.8. The van der Waals surface area contributed by atoms with Gasteiger partial charge in [-0.25, -0.2) is 0 Å². The van der Waals surface area contributed by atoms with Crippen molar-refractivity contribution in [3.63, 3.8) is 0 Å². The molecule has 2 nitrogen and oxygen atoms in total. The van der Waals surface area contributed by atoms with Crippen molar-refractivity contribution < 1.29 is 58.2 Å². The van der Waals surface area contributed by atoms with Gasteiger partial charge < -0.3 is 34.3 Å². The van der Waals surface area contributed by atoms with Crippen LogP contribution in [0.4, 0.5) is 0 Å². The average molecular weight is 894 g/mol. The second-order valence-corrected chi connectivity index (χ2v) is 16.4. The monoisotopic (exact) mass is 894 g/mol. The van der Waals surface area contributed by atoms with Gasteiger partial charge in [0.25, 0.3) is 0 Å². The molecule has 0 saturated carbocycles. The molecule has 0 aliphatic rings. The normalized spacial score (nSPS) is 10.9. The average Bonchev–Trinajstić information content (AvgIpc) is 3.80. The van der Waals surface area contributed by atoms with Crippen LogP contribution < -0.4 is 34.3 Å². The third-order valence-corrected chi connectivity index (χ3v) is 11.0. The molecule has 0 N–H and O–H groups in total. The predicted octanol–water partition coefficient (Wildman–Crippen LogP) is 6.21. The zero-order valence-electron chi connectivity index (χ0n) is 31.4. The number of halogens is 2. The predicted molar refractivity (Wildman–Crippen MR) is 211 cm³/mol. The molecule has 0 aliphatic heterocycles. The van der Waals surface area contributed by atoms with E-state index in [-0.39, 0.29) is 35.6 Å². The Labute approximate surface area is 337 Å². The van der Waals surface area contributed by atoms with Crippen molar-refractivity contribution in [2.75, 3.05) is 14.2 Å². The zero-order valence-corrected chi connectivity index (χ0v) is 36.5. The van der Waals surface area contributed by atoms with Crippen LogP contribution in [0.15, 0.2) is 146 Å². The van der Waals surface area contributed by atoms with Crippen molar-refractivity contribution in [1.82, 2.24) is 0 Å². The first-order valence-corrected chi connectivity index (χ1v) is 19.0. The summed E-state index contributed by atoms with van der Waals surface area (Å²) < 4.78 is 11.9. The summed E-state index contributed by atoms with van der Waals surface area (Å²) in [6, 6.07) is 51.4. The van der Waals surface area contributed by atoms with Crippen molar-refractivity contribution in [3.8, 4) is 22.6 Å². The van der Waals surface area contributed by atoms with Crippen molar-refractivity contribution in [1.29, 1.82) is 0 Å². The molecule has 0 aromatic heterocycles. The summed E-state index contributed by atoms with van der Waals surface area (Å²) in [7, 11) is 3.31. The number of fused-ring (bicyclic) bond motifs is 3. The Kier molecular flexibility index (Phi) is 15.4. The maximum atomic E-state index is 5.22. The number of methoxy groups -OCH3 is 2. The standard InChI is InChI=1S/C21H25.C13H13O2.C13H10.2ClH.Hf/c1-20(2,3)16-7-9-18-14(12-16)11-15-13-17(21(4,5)6)8-10-19(15)18;1-14-12-7-11(8-13(9-12)15-2)10-5-3-4-6-10;1-3-7-12(8-4-1)11-13-9-5-2-6-10-13;;;/h7-13H,1-6H3;3-9H,1-2H3;1-10H;2*1H;/q2*-1;;;;+2/p-2. The molecule has 5 heteroatoms. The number of rotatable bonds is 5. The van der Waals surface area contributed by atoms with Gasteiger partial charge in [0.15, 0.2) is 0 Å². The zero-order chi connectivity index (χ0) is 35.9. The summed E-state index contributed by atoms with van der Waals surface area (Å²) in [6.45, 7) is 13.6. The molecule has 0 heterocycles. The molecule has 268 valence electrons. The molecule has 0 bridgehead atoms. The van der Waals surface area contributed by atoms with Crippen LogP contribution in [0, 0.1) is 0 Å². The molecular formula is C47H48Cl2HfO2-2. The third kappa shape index (κ3) is 10.9. The number of ether oxygens (including phenoxy) is 2. The minimum absolute atomic E-state index is 0. The summed E-state index contributed by atoms with van der Waals surface area (Å²) in [5.41, 5.74) is 8.20. The van der Waals surface area contributed by atoms with E-state index in [0.29, 0.717) is 0 Å². The van der Waals surface area contributed by atoms with Crippen LogP contribution in [0.2, 0.25) is 0 Å². The van der Waals surface area contributed by atoms with Gasteiger partial charge in [0.05, 0.1) is 14.2 Å². The van der Waals surface area contributed by atoms with Crippen LogP contribution in [0.1, 0.15) is 63.8 Å². The van der Waals surface area contributed by atoms with E-state index in [1.54, 1.807) is 14.2 Å². The van der Waals surface area contributed by atoms with E-state index in [2.05, 4.69) is 157 Å². The van der Waals surface area contributed by atoms with Crippen LogP contribution in [0.25, 0.3) is 32.7 Å². The number of hydrogen-bond acceptors (Lipinski definition) is 2. The maximum absolute atomic E-state index is 5.22. The van der Waals surface area contributed by atoms with Crippen LogP contribution in [-0.4, -0.2) is 17.5 Å². The molecule has 52 heavy (non-hydrogen) atoms. The summed E-state index contributed by atoms with van der Waals surface area (Å²) in [6.07, 6.45) is 0. The Hall–Kier alpha value is -3.76. The van der Waals surface area contributed by atoms with E-state index in [1.807, 2.05) is 30.3 Å². The number of hydrogen-bond donors (Lipinski definition) is 0. The van der Waals surface area contributed by atoms with E-state index >= 15 is 0 Å². The Morgan fingerprint density at radius 3 is 1.35 bits per heavy atom. The van der Waals surface area contributed by atoms with Crippen molar-refractivity contribution in [2.24, 2.45) is 0 Å². The van der Waals surface area contributed by atoms with Gasteiger partial charge in [-0.15, -0.1) is 51.4 Å². The van der Waals surface area contributed by atoms with Gasteiger partial charge in [0.1, 0.15) is 11.5 Å². The molecule has 0 atom stereocenters. The van der Waals surface area contributed by atoms with E-state index in [1.165, 1.54) is 52.6 Å². The minimum atomic E-state index is 0. The van der Waals surface area contributed by atoms with Crippen molar-refractivity contribution >= 4 is 24.8 Å². The summed E-state index contributed by atoms with van der Waals surface area (Å²) in [5.74, 6) is 1.62. The molecule has 7 aromatic carbocycles. The topological polar surface area (TPSA) is 18.5 Å². The summed E-state index contributed by atoms with van der Waals surface area (Å²) in [5, 5.41) is 5.48. The second-order valence-electron chi connectivity index (χ2n) is 14.6. The van der Waals surface area contributed by atoms with Crippen LogP contribution >= 0.6 is 0 Å². The summed E-state index contributed by atoms with van der Waals surface area (Å²) >= 11 is 1.08. The van der Waals surface area contributed by atoms with Gasteiger partial charge in [-0.2, -0.15) is 18.2 Å². The Morgan fingerprint density at radius 1 is 0.538 bits per heavy atom. The first kappa shape index (κ1) is 42.7. The fraction of sp³-hybridized carbons (Fsp3) is 0.213. The van der Waals surface area contributed by atoms with Gasteiger partial charge >= 0.3 is 98.9 Å². The third-order valence-electron chi connectivity index (χ3n) is 8.91. The van der Waals surface area contributed by atoms with Gasteiger partial charge in [0, 0.05) is 6.07 Å². The fourth-order valence-electron chi connectivity index (χ4n) is 5.87. The molecular weight excluding hydrogens is 846 g/mol. The van der Waals surface area contributed by atoms with Crippen molar-refractivity contribution in [3.05, 3.63) is 168 Å². The van der Waals surface area contributed by atoms with Gasteiger partial charge in [-0.3, -0.25) is 0 Å². The van der Waals surface area contributed by atoms with Gasteiger partial charge in [0.2, 0.25) is 0 Å². The van der Waals surface area contributed by atoms with E-state index in [9.17, 15) is 0 Å². The van der Waals surface area contributed by atoms with Gasteiger partial charge in [-0.05, 0) is 10.8 Å². The number of benzene rings is 5. The van der Waals surface area contributed by atoms with E-state index in [4.69, 9.17) is 9.47 Å². The molecule has 0 radical (unpaired) electrons. The summed E-state index contributed by atoms with van der Waals surface area (Å²) in [4.78, 5) is 0. The quantitative estimate of drug-likeness (QED) is 0.152. The van der Waals surface area contributed by atoms with Gasteiger partial charge in [-0.1, -0.05) is 94.6 Å². The SMILES string of the molecule is CC(C)(C)c1ccc2c(c1)[cH-]c1cc(C(C)(C)C)ccc12.COc1cc(OC)cc(-c2ccc[cH-]2)c1.[Cl-].[Cl-].[Hf+2]=[C](c1ccccc1)c1ccccc1. The Balaban J connectivity index is 0.000000212. The molecule has 0 spiro atoms. The van der Waals surface area contributed by atoms with Crippen LogP contribution in [-0.2, 0) is 34.7 Å². The Bertz CT molecular complexity index is 2020. The first-order chi connectivity index (χ1) is 23.9. The molecule has 0 unspecified atom stereocenters. The fourth-order valence-corrected chi connectivity index (χ4v) is 7.07. The molecule has 0 aliphatic carbocycles. The molecule has 0 fully saturated rings. The van der Waals surface area contributed by atoms with Crippen LogP contribution in [0.5, 0.6) is 11.5 Å². The molecule has 7 rings (SSSR count). The van der Waals surface area contributed by atoms with E-state index in [0.717, 1.165) is 41.0 Å². The first-order valence-electron chi connectivity index (χ1n) is 17.2. The molecule has 7 aromatic rings. The van der Waals surface area contributed by atoms with Crippen LogP contribution in [0.3, 0.4) is 0 Å². The Morgan fingerprint density at radius 2 is 0.981 bits per heavy atom.